The Labute approximate surface area is 156 Å². The second kappa shape index (κ2) is 7.13. The van der Waals surface area contributed by atoms with Gasteiger partial charge in [-0.1, -0.05) is 12.1 Å². The van der Waals surface area contributed by atoms with E-state index in [1.54, 1.807) is 40.9 Å². The lowest BCUT2D eigenvalue weighted by atomic mass is 10.1. The van der Waals surface area contributed by atoms with Crippen molar-refractivity contribution in [3.8, 4) is 0 Å². The average Bonchev–Trinajstić information content (AvgIpc) is 2.60. The molecule has 0 spiro atoms. The predicted molar refractivity (Wildman–Crippen MR) is 102 cm³/mol. The van der Waals surface area contributed by atoms with Crippen molar-refractivity contribution in [1.82, 2.24) is 0 Å². The molecule has 1 N–H and O–H groups in total. The molecule has 1 aliphatic heterocycles. The highest BCUT2D eigenvalue weighted by Gasteiger charge is 2.24. The molecule has 0 unspecified atom stereocenters. The molecule has 1 amide bonds. The molecule has 2 aromatic rings. The lowest BCUT2D eigenvalue weighted by molar-refractivity contribution is -0.116. The number of carbonyl (C=O) groups excluding carboxylic acids is 2. The lowest BCUT2D eigenvalue weighted by Gasteiger charge is -2.28. The highest BCUT2D eigenvalue weighted by atomic mass is 32.2. The topological polar surface area (TPSA) is 83.6 Å². The second-order valence-corrected chi connectivity index (χ2v) is 8.71. The number of rotatable bonds is 4. The molecule has 0 aromatic heterocycles. The van der Waals surface area contributed by atoms with Gasteiger partial charge < -0.3 is 4.90 Å². The first kappa shape index (κ1) is 18.5. The number of hydrogen-bond donors (Lipinski definition) is 1. The normalized spacial score (nSPS) is 13.8. The molecule has 26 heavy (non-hydrogen) atoms. The van der Waals surface area contributed by atoms with Gasteiger partial charge in [-0.05, 0) is 37.3 Å². The fourth-order valence-electron chi connectivity index (χ4n) is 2.71. The fraction of sp³-hybridized carbons (Fsp3) is 0.222. The molecule has 6 nitrogen and oxygen atoms in total. The third-order valence-corrected chi connectivity index (χ3v) is 6.43. The van der Waals surface area contributed by atoms with Crippen LogP contribution in [-0.4, -0.2) is 32.4 Å². The first-order chi connectivity index (χ1) is 12.3. The van der Waals surface area contributed by atoms with Gasteiger partial charge in [0.1, 0.15) is 0 Å². The van der Waals surface area contributed by atoms with Gasteiger partial charge >= 0.3 is 0 Å². The van der Waals surface area contributed by atoms with Crippen LogP contribution in [0, 0.1) is 0 Å². The molecule has 1 aliphatic rings. The Morgan fingerprint density at radius 1 is 1.12 bits per heavy atom. The van der Waals surface area contributed by atoms with Crippen LogP contribution in [0.4, 0.5) is 11.4 Å². The van der Waals surface area contributed by atoms with Crippen molar-refractivity contribution in [2.24, 2.45) is 0 Å². The van der Waals surface area contributed by atoms with Crippen molar-refractivity contribution in [2.45, 2.75) is 23.6 Å². The first-order valence-corrected chi connectivity index (χ1v) is 10.4. The zero-order valence-corrected chi connectivity index (χ0v) is 16.0. The third kappa shape index (κ3) is 3.76. The van der Waals surface area contributed by atoms with Crippen LogP contribution in [0.5, 0.6) is 0 Å². The molecule has 0 fully saturated rings. The zero-order valence-electron chi connectivity index (χ0n) is 14.4. The highest BCUT2D eigenvalue weighted by molar-refractivity contribution is 7.99. The number of nitrogens with zero attached hydrogens (tertiary/aromatic N) is 1. The summed E-state index contributed by atoms with van der Waals surface area (Å²) < 4.78 is 28.0. The van der Waals surface area contributed by atoms with Crippen molar-refractivity contribution in [2.75, 3.05) is 21.9 Å². The maximum Gasteiger partial charge on any atom is 0.261 e. The molecule has 1 heterocycles. The summed E-state index contributed by atoms with van der Waals surface area (Å²) in [7, 11) is -3.85. The van der Waals surface area contributed by atoms with E-state index >= 15 is 0 Å². The van der Waals surface area contributed by atoms with Crippen LogP contribution >= 0.6 is 11.8 Å². The summed E-state index contributed by atoms with van der Waals surface area (Å²) in [4.78, 5) is 25.8. The van der Waals surface area contributed by atoms with Crippen LogP contribution in [0.3, 0.4) is 0 Å². The number of fused-ring (bicyclic) bond motifs is 1. The van der Waals surface area contributed by atoms with Gasteiger partial charge in [-0.2, -0.15) is 0 Å². The minimum absolute atomic E-state index is 0.0678. The van der Waals surface area contributed by atoms with Gasteiger partial charge in [-0.15, -0.1) is 11.8 Å². The first-order valence-electron chi connectivity index (χ1n) is 7.97. The number of sulfonamides is 1. The van der Waals surface area contributed by atoms with Crippen molar-refractivity contribution >= 4 is 44.9 Å². The van der Waals surface area contributed by atoms with Gasteiger partial charge in [0, 0.05) is 35.4 Å². The number of nitrogens with one attached hydrogen (secondary N) is 1. The summed E-state index contributed by atoms with van der Waals surface area (Å²) >= 11 is 1.59. The summed E-state index contributed by atoms with van der Waals surface area (Å²) in [5.74, 6) is 0.506. The van der Waals surface area contributed by atoms with Gasteiger partial charge in [-0.3, -0.25) is 14.3 Å². The van der Waals surface area contributed by atoms with Gasteiger partial charge in [0.15, 0.2) is 5.78 Å². The monoisotopic (exact) mass is 390 g/mol. The standard InChI is InChI=1S/C18H18N2O4S2/c1-12(21)14-4-3-5-15(10-14)19-26(23,24)16-6-7-18-17(11-16)20(13(2)22)8-9-25-18/h3-7,10-11,19H,8-9H2,1-2H3. The maximum atomic E-state index is 12.7. The number of hydrogen-bond acceptors (Lipinski definition) is 5. The minimum Gasteiger partial charge on any atom is -0.311 e. The fourth-order valence-corrected chi connectivity index (χ4v) is 4.75. The molecule has 0 bridgehead atoms. The Balaban J connectivity index is 1.95. The smallest absolute Gasteiger partial charge is 0.261 e. The summed E-state index contributed by atoms with van der Waals surface area (Å²) in [5, 5.41) is 0. The molecule has 0 saturated carbocycles. The number of amides is 1. The van der Waals surface area contributed by atoms with E-state index in [9.17, 15) is 18.0 Å². The van der Waals surface area contributed by atoms with E-state index in [1.807, 2.05) is 0 Å². The molecule has 8 heteroatoms. The molecule has 0 atom stereocenters. The number of Topliss-reactive ketones (excluding diaryl/α,β-unsaturated/α-hetero) is 1. The number of thioether (sulfide) groups is 1. The summed E-state index contributed by atoms with van der Waals surface area (Å²) in [6.07, 6.45) is 0. The van der Waals surface area contributed by atoms with E-state index in [-0.39, 0.29) is 16.6 Å². The number of anilines is 2. The molecule has 3 rings (SSSR count). The SMILES string of the molecule is CC(=O)c1cccc(NS(=O)(=O)c2ccc3c(c2)N(C(C)=O)CCS3)c1. The van der Waals surface area contributed by atoms with Gasteiger partial charge in [-0.25, -0.2) is 8.42 Å². The molecular weight excluding hydrogens is 372 g/mol. The van der Waals surface area contributed by atoms with Crippen LogP contribution in [0.15, 0.2) is 52.3 Å². The van der Waals surface area contributed by atoms with Gasteiger partial charge in [0.05, 0.1) is 10.6 Å². The van der Waals surface area contributed by atoms with E-state index in [0.29, 0.717) is 23.5 Å². The van der Waals surface area contributed by atoms with E-state index in [4.69, 9.17) is 0 Å². The van der Waals surface area contributed by atoms with E-state index in [2.05, 4.69) is 4.72 Å². The predicted octanol–water partition coefficient (Wildman–Crippen LogP) is 3.15. The van der Waals surface area contributed by atoms with Crippen molar-refractivity contribution in [1.29, 1.82) is 0 Å². The Morgan fingerprint density at radius 2 is 1.88 bits per heavy atom. The summed E-state index contributed by atoms with van der Waals surface area (Å²) in [6.45, 7) is 3.43. The second-order valence-electron chi connectivity index (χ2n) is 5.89. The molecule has 0 saturated heterocycles. The van der Waals surface area contributed by atoms with Crippen LogP contribution < -0.4 is 9.62 Å². The van der Waals surface area contributed by atoms with Crippen LogP contribution in [0.2, 0.25) is 0 Å². The maximum absolute atomic E-state index is 12.7. The molecule has 136 valence electrons. The Hall–Kier alpha value is -2.32. The highest BCUT2D eigenvalue weighted by Crippen LogP contribution is 2.36. The Morgan fingerprint density at radius 3 is 2.58 bits per heavy atom. The average molecular weight is 390 g/mol. The quantitative estimate of drug-likeness (QED) is 0.811. The summed E-state index contributed by atoms with van der Waals surface area (Å²) in [5.41, 5.74) is 1.34. The third-order valence-electron chi connectivity index (χ3n) is 4.01. The Kier molecular flexibility index (Phi) is 5.06. The largest absolute Gasteiger partial charge is 0.311 e. The van der Waals surface area contributed by atoms with Crippen molar-refractivity contribution in [3.05, 3.63) is 48.0 Å². The van der Waals surface area contributed by atoms with Gasteiger partial charge in [0.25, 0.3) is 10.0 Å². The van der Waals surface area contributed by atoms with Crippen molar-refractivity contribution in [3.63, 3.8) is 0 Å². The molecule has 2 aromatic carbocycles. The number of ketones is 1. The molecule has 0 radical (unpaired) electrons. The van der Waals surface area contributed by atoms with E-state index in [1.165, 1.54) is 32.0 Å². The summed E-state index contributed by atoms with van der Waals surface area (Å²) in [6, 6.07) is 11.1. The van der Waals surface area contributed by atoms with Crippen LogP contribution in [-0.2, 0) is 14.8 Å². The molecular formula is C18H18N2O4S2. The number of carbonyl (C=O) groups is 2. The van der Waals surface area contributed by atoms with E-state index < -0.39 is 10.0 Å². The lowest BCUT2D eigenvalue weighted by Crippen LogP contribution is -2.33. The number of benzene rings is 2. The Bertz CT molecular complexity index is 986. The van der Waals surface area contributed by atoms with Crippen molar-refractivity contribution < 1.29 is 18.0 Å². The van der Waals surface area contributed by atoms with Crippen LogP contribution in [0.25, 0.3) is 0 Å². The molecule has 0 aliphatic carbocycles. The van der Waals surface area contributed by atoms with E-state index in [0.717, 1.165) is 10.6 Å². The van der Waals surface area contributed by atoms with Gasteiger partial charge in [0.2, 0.25) is 5.91 Å². The zero-order chi connectivity index (χ0) is 18.9. The van der Waals surface area contributed by atoms with Crippen LogP contribution in [0.1, 0.15) is 24.2 Å². The minimum atomic E-state index is -3.85.